The topological polar surface area (TPSA) is 37.4 Å². The molecule has 0 aromatic heterocycles. The lowest BCUT2D eigenvalue weighted by atomic mass is 10.2. The average Bonchev–Trinajstić information content (AvgIpc) is 2.51. The third-order valence-electron chi connectivity index (χ3n) is 3.24. The standard InChI is InChI=1S/C17H12ClNO2S/c18-13-5-3-4-12(10-13)11-16-17(21)19(8-9-20)14-6-1-2-7-15(14)22-16/h1-7,9-11H,8H2/b16-11-. The molecule has 0 aliphatic carbocycles. The number of amides is 1. The van der Waals surface area contributed by atoms with E-state index in [9.17, 15) is 9.59 Å². The number of hydrogen-bond donors (Lipinski definition) is 0. The molecule has 0 spiro atoms. The van der Waals surface area contributed by atoms with Crippen LogP contribution in [0.5, 0.6) is 0 Å². The van der Waals surface area contributed by atoms with Crippen molar-refractivity contribution in [3.05, 3.63) is 64.0 Å². The molecule has 110 valence electrons. The van der Waals surface area contributed by atoms with Crippen LogP contribution < -0.4 is 4.90 Å². The maximum atomic E-state index is 12.6. The fraction of sp³-hybridized carbons (Fsp3) is 0.0588. The van der Waals surface area contributed by atoms with Crippen molar-refractivity contribution in [2.24, 2.45) is 0 Å². The number of hydrogen-bond acceptors (Lipinski definition) is 3. The number of halogens is 1. The lowest BCUT2D eigenvalue weighted by Crippen LogP contribution is -2.35. The molecule has 1 aliphatic rings. The smallest absolute Gasteiger partial charge is 0.265 e. The first kappa shape index (κ1) is 14.9. The van der Waals surface area contributed by atoms with Crippen LogP contribution in [0.4, 0.5) is 5.69 Å². The van der Waals surface area contributed by atoms with Gasteiger partial charge >= 0.3 is 0 Å². The van der Waals surface area contributed by atoms with Crippen LogP contribution in [0.1, 0.15) is 5.56 Å². The minimum absolute atomic E-state index is 0.0449. The molecule has 0 saturated heterocycles. The molecule has 1 aliphatic heterocycles. The van der Waals surface area contributed by atoms with Gasteiger partial charge in [-0.15, -0.1) is 0 Å². The van der Waals surface area contributed by atoms with Crippen molar-refractivity contribution in [3.63, 3.8) is 0 Å². The van der Waals surface area contributed by atoms with E-state index in [1.165, 1.54) is 16.7 Å². The number of rotatable bonds is 3. The monoisotopic (exact) mass is 329 g/mol. The normalized spacial score (nSPS) is 15.8. The number of fused-ring (bicyclic) bond motifs is 1. The van der Waals surface area contributed by atoms with Gasteiger partial charge in [-0.2, -0.15) is 0 Å². The third-order valence-corrected chi connectivity index (χ3v) is 4.55. The number of anilines is 1. The van der Waals surface area contributed by atoms with Crippen molar-refractivity contribution in [1.82, 2.24) is 0 Å². The number of benzene rings is 2. The summed E-state index contributed by atoms with van der Waals surface area (Å²) in [5.41, 5.74) is 1.63. The van der Waals surface area contributed by atoms with Crippen LogP contribution in [0, 0.1) is 0 Å². The Balaban J connectivity index is 2.04. The zero-order chi connectivity index (χ0) is 15.5. The van der Waals surface area contributed by atoms with E-state index in [0.717, 1.165) is 22.4 Å². The van der Waals surface area contributed by atoms with Gasteiger partial charge in [-0.05, 0) is 35.9 Å². The molecule has 0 N–H and O–H groups in total. The predicted molar refractivity (Wildman–Crippen MR) is 90.1 cm³/mol. The minimum Gasteiger partial charge on any atom is -0.301 e. The Labute approximate surface area is 137 Å². The van der Waals surface area contributed by atoms with E-state index in [2.05, 4.69) is 0 Å². The van der Waals surface area contributed by atoms with Crippen LogP contribution in [-0.2, 0) is 9.59 Å². The molecule has 3 nitrogen and oxygen atoms in total. The van der Waals surface area contributed by atoms with Gasteiger partial charge in [-0.3, -0.25) is 9.69 Å². The molecule has 0 atom stereocenters. The second-order valence-corrected chi connectivity index (χ2v) is 6.24. The Morgan fingerprint density at radius 1 is 1.14 bits per heavy atom. The number of para-hydroxylation sites is 1. The molecule has 2 aromatic carbocycles. The van der Waals surface area contributed by atoms with E-state index in [4.69, 9.17) is 11.6 Å². The van der Waals surface area contributed by atoms with E-state index < -0.39 is 0 Å². The summed E-state index contributed by atoms with van der Waals surface area (Å²) in [6.07, 6.45) is 2.54. The molecule has 0 bridgehead atoms. The lowest BCUT2D eigenvalue weighted by molar-refractivity contribution is -0.116. The Morgan fingerprint density at radius 2 is 1.95 bits per heavy atom. The van der Waals surface area contributed by atoms with Crippen molar-refractivity contribution < 1.29 is 9.59 Å². The number of carbonyl (C=O) groups is 2. The lowest BCUT2D eigenvalue weighted by Gasteiger charge is -2.28. The van der Waals surface area contributed by atoms with Gasteiger partial charge < -0.3 is 4.79 Å². The summed E-state index contributed by atoms with van der Waals surface area (Å²) in [6.45, 7) is 0.0449. The Bertz CT molecular complexity index is 773. The van der Waals surface area contributed by atoms with E-state index in [1.54, 1.807) is 18.2 Å². The van der Waals surface area contributed by atoms with Crippen LogP contribution in [0.2, 0.25) is 5.02 Å². The van der Waals surface area contributed by atoms with Crippen molar-refractivity contribution in [2.45, 2.75) is 4.90 Å². The highest BCUT2D eigenvalue weighted by atomic mass is 35.5. The van der Waals surface area contributed by atoms with Gasteiger partial charge in [0.2, 0.25) is 0 Å². The van der Waals surface area contributed by atoms with Gasteiger partial charge in [0.15, 0.2) is 0 Å². The summed E-state index contributed by atoms with van der Waals surface area (Å²) in [5.74, 6) is -0.171. The van der Waals surface area contributed by atoms with E-state index in [-0.39, 0.29) is 12.5 Å². The van der Waals surface area contributed by atoms with Crippen LogP contribution >= 0.6 is 23.4 Å². The zero-order valence-electron chi connectivity index (χ0n) is 11.5. The van der Waals surface area contributed by atoms with E-state index in [1.807, 2.05) is 36.4 Å². The van der Waals surface area contributed by atoms with E-state index >= 15 is 0 Å². The Morgan fingerprint density at radius 3 is 2.73 bits per heavy atom. The van der Waals surface area contributed by atoms with Gasteiger partial charge in [-0.1, -0.05) is 47.6 Å². The highest BCUT2D eigenvalue weighted by Gasteiger charge is 2.28. The number of carbonyl (C=O) groups excluding carboxylic acids is 2. The molecule has 1 heterocycles. The summed E-state index contributed by atoms with van der Waals surface area (Å²) < 4.78 is 0. The quantitative estimate of drug-likeness (QED) is 0.630. The molecule has 0 radical (unpaired) electrons. The zero-order valence-corrected chi connectivity index (χ0v) is 13.1. The predicted octanol–water partition coefficient (Wildman–Crippen LogP) is 4.02. The molecule has 2 aromatic rings. The summed E-state index contributed by atoms with van der Waals surface area (Å²) in [4.78, 5) is 26.5. The van der Waals surface area contributed by atoms with E-state index in [0.29, 0.717) is 9.93 Å². The molecule has 22 heavy (non-hydrogen) atoms. The first-order valence-corrected chi connectivity index (χ1v) is 7.88. The fourth-order valence-electron chi connectivity index (χ4n) is 2.27. The van der Waals surface area contributed by atoms with Crippen molar-refractivity contribution in [2.75, 3.05) is 11.4 Å². The largest absolute Gasteiger partial charge is 0.301 e. The second-order valence-electron chi connectivity index (χ2n) is 4.72. The number of thioether (sulfide) groups is 1. The Kier molecular flexibility index (Phi) is 4.32. The molecular weight excluding hydrogens is 318 g/mol. The summed E-state index contributed by atoms with van der Waals surface area (Å²) in [5, 5.41) is 0.618. The van der Waals surface area contributed by atoms with Crippen molar-refractivity contribution in [3.8, 4) is 0 Å². The minimum atomic E-state index is -0.171. The molecular formula is C17H12ClNO2S. The SMILES string of the molecule is O=CCN1C(=O)/C(=C/c2cccc(Cl)c2)Sc2ccccc21. The Hall–Kier alpha value is -2.04. The van der Waals surface area contributed by atoms with Gasteiger partial charge in [-0.25, -0.2) is 0 Å². The summed E-state index contributed by atoms with van der Waals surface area (Å²) in [6, 6.07) is 14.9. The van der Waals surface area contributed by atoms with Crippen LogP contribution in [0.25, 0.3) is 6.08 Å². The molecule has 3 rings (SSSR count). The maximum Gasteiger partial charge on any atom is 0.265 e. The molecule has 0 saturated carbocycles. The van der Waals surface area contributed by atoms with Gasteiger partial charge in [0.1, 0.15) is 6.29 Å². The van der Waals surface area contributed by atoms with Crippen molar-refractivity contribution in [1.29, 1.82) is 0 Å². The number of aldehydes is 1. The second kappa shape index (κ2) is 6.38. The van der Waals surface area contributed by atoms with Crippen molar-refractivity contribution >= 4 is 47.3 Å². The van der Waals surface area contributed by atoms with Gasteiger partial charge in [0, 0.05) is 9.92 Å². The molecule has 1 amide bonds. The summed E-state index contributed by atoms with van der Waals surface area (Å²) >= 11 is 7.39. The highest BCUT2D eigenvalue weighted by Crippen LogP contribution is 2.41. The molecule has 0 unspecified atom stereocenters. The van der Waals surface area contributed by atoms with Crippen LogP contribution in [0.15, 0.2) is 58.3 Å². The maximum absolute atomic E-state index is 12.6. The fourth-order valence-corrected chi connectivity index (χ4v) is 3.52. The van der Waals surface area contributed by atoms with Crippen LogP contribution in [0.3, 0.4) is 0 Å². The average molecular weight is 330 g/mol. The highest BCUT2D eigenvalue weighted by molar-refractivity contribution is 8.04. The third kappa shape index (κ3) is 2.93. The van der Waals surface area contributed by atoms with Crippen LogP contribution in [-0.4, -0.2) is 18.7 Å². The first-order chi connectivity index (χ1) is 10.7. The van der Waals surface area contributed by atoms with Gasteiger partial charge in [0.25, 0.3) is 5.91 Å². The molecule has 5 heteroatoms. The first-order valence-electron chi connectivity index (χ1n) is 6.68. The number of nitrogens with zero attached hydrogens (tertiary/aromatic N) is 1. The molecule has 0 fully saturated rings. The summed E-state index contributed by atoms with van der Waals surface area (Å²) in [7, 11) is 0. The van der Waals surface area contributed by atoms with Gasteiger partial charge in [0.05, 0.1) is 17.1 Å².